The van der Waals surface area contributed by atoms with E-state index in [1.807, 2.05) is 18.7 Å². The van der Waals surface area contributed by atoms with Crippen molar-refractivity contribution in [3.8, 4) is 0 Å². The summed E-state index contributed by atoms with van der Waals surface area (Å²) in [5.74, 6) is 0.802. The molecule has 0 spiro atoms. The summed E-state index contributed by atoms with van der Waals surface area (Å²) < 4.78 is 0. The molecule has 5 nitrogen and oxygen atoms in total. The highest BCUT2D eigenvalue weighted by Gasteiger charge is 2.35. The standard InChI is InChI=1S/C21H31N3O2/c1-14(2)23-21(26)24-12-18(17-6-4-5-15(3)9-17)10-19(13-24)20(25)22-11-16-7-8-16/h4-6,9,14,16,18-19H,7-8,10-13H2,1-3H3,(H,22,25)(H,23,26)/t18-,19+/m0/s1. The molecule has 1 saturated carbocycles. The van der Waals surface area contributed by atoms with Crippen molar-refractivity contribution in [3.63, 3.8) is 0 Å². The first-order valence-corrected chi connectivity index (χ1v) is 9.82. The topological polar surface area (TPSA) is 61.4 Å². The molecule has 0 aromatic heterocycles. The first-order valence-electron chi connectivity index (χ1n) is 9.82. The lowest BCUT2D eigenvalue weighted by atomic mass is 9.83. The van der Waals surface area contributed by atoms with E-state index < -0.39 is 0 Å². The SMILES string of the molecule is Cc1cccc([C@H]2C[C@@H](C(=O)NCC3CC3)CN(C(=O)NC(C)C)C2)c1. The van der Waals surface area contributed by atoms with E-state index in [1.54, 1.807) is 0 Å². The zero-order chi connectivity index (χ0) is 18.7. The third kappa shape index (κ3) is 4.99. The van der Waals surface area contributed by atoms with Crippen molar-refractivity contribution in [3.05, 3.63) is 35.4 Å². The number of nitrogens with zero attached hydrogens (tertiary/aromatic N) is 1. The quantitative estimate of drug-likeness (QED) is 0.851. The van der Waals surface area contributed by atoms with Crippen molar-refractivity contribution in [2.75, 3.05) is 19.6 Å². The van der Waals surface area contributed by atoms with E-state index in [-0.39, 0.29) is 29.8 Å². The predicted molar refractivity (Wildman–Crippen MR) is 103 cm³/mol. The third-order valence-corrected chi connectivity index (χ3v) is 5.30. The molecule has 1 aromatic carbocycles. The Morgan fingerprint density at radius 3 is 2.65 bits per heavy atom. The van der Waals surface area contributed by atoms with Gasteiger partial charge >= 0.3 is 6.03 Å². The Balaban J connectivity index is 1.73. The number of hydrogen-bond acceptors (Lipinski definition) is 2. The Morgan fingerprint density at radius 1 is 1.23 bits per heavy atom. The van der Waals surface area contributed by atoms with E-state index in [9.17, 15) is 9.59 Å². The normalized spacial score (nSPS) is 23.0. The summed E-state index contributed by atoms with van der Waals surface area (Å²) in [7, 11) is 0. The van der Waals surface area contributed by atoms with E-state index >= 15 is 0 Å². The highest BCUT2D eigenvalue weighted by molar-refractivity contribution is 5.81. The fraction of sp³-hybridized carbons (Fsp3) is 0.619. The van der Waals surface area contributed by atoms with Gasteiger partial charge in [0.25, 0.3) is 0 Å². The van der Waals surface area contributed by atoms with Crippen molar-refractivity contribution >= 4 is 11.9 Å². The summed E-state index contributed by atoms with van der Waals surface area (Å²) in [4.78, 5) is 27.1. The Bertz CT molecular complexity index is 654. The summed E-state index contributed by atoms with van der Waals surface area (Å²) in [6, 6.07) is 8.44. The van der Waals surface area contributed by atoms with Gasteiger partial charge in [-0.1, -0.05) is 29.8 Å². The Kier molecular flexibility index (Phi) is 5.84. The van der Waals surface area contributed by atoms with Gasteiger partial charge in [0, 0.05) is 31.6 Å². The number of benzene rings is 1. The molecular formula is C21H31N3O2. The minimum atomic E-state index is -0.147. The van der Waals surface area contributed by atoms with Crippen LogP contribution in [0.5, 0.6) is 0 Å². The van der Waals surface area contributed by atoms with Crippen LogP contribution in [0, 0.1) is 18.8 Å². The van der Waals surface area contributed by atoms with Crippen LogP contribution >= 0.6 is 0 Å². The van der Waals surface area contributed by atoms with Crippen LogP contribution in [-0.2, 0) is 4.79 Å². The van der Waals surface area contributed by atoms with Crippen molar-refractivity contribution < 1.29 is 9.59 Å². The highest BCUT2D eigenvalue weighted by Crippen LogP contribution is 2.32. The fourth-order valence-corrected chi connectivity index (χ4v) is 3.67. The molecule has 0 unspecified atom stereocenters. The van der Waals surface area contributed by atoms with Crippen LogP contribution in [-0.4, -0.2) is 42.5 Å². The van der Waals surface area contributed by atoms with Crippen molar-refractivity contribution in [1.82, 2.24) is 15.5 Å². The second-order valence-electron chi connectivity index (χ2n) is 8.24. The molecule has 142 valence electrons. The number of amides is 3. The summed E-state index contributed by atoms with van der Waals surface area (Å²) >= 11 is 0. The van der Waals surface area contributed by atoms with Gasteiger partial charge in [0.2, 0.25) is 5.91 Å². The van der Waals surface area contributed by atoms with Crippen LogP contribution < -0.4 is 10.6 Å². The number of nitrogens with one attached hydrogen (secondary N) is 2. The molecule has 1 aromatic rings. The number of aryl methyl sites for hydroxylation is 1. The fourth-order valence-electron chi connectivity index (χ4n) is 3.67. The van der Waals surface area contributed by atoms with Crippen LogP contribution in [0.15, 0.2) is 24.3 Å². The first kappa shape index (κ1) is 18.7. The third-order valence-electron chi connectivity index (χ3n) is 5.30. The average Bonchev–Trinajstić information content (AvgIpc) is 3.43. The zero-order valence-corrected chi connectivity index (χ0v) is 16.1. The van der Waals surface area contributed by atoms with E-state index in [0.717, 1.165) is 13.0 Å². The van der Waals surface area contributed by atoms with Gasteiger partial charge in [-0.2, -0.15) is 0 Å². The monoisotopic (exact) mass is 357 g/mol. The lowest BCUT2D eigenvalue weighted by Crippen LogP contribution is -2.52. The van der Waals surface area contributed by atoms with Gasteiger partial charge in [-0.05, 0) is 51.5 Å². The maximum Gasteiger partial charge on any atom is 0.317 e. The summed E-state index contributed by atoms with van der Waals surface area (Å²) in [5.41, 5.74) is 2.42. The highest BCUT2D eigenvalue weighted by atomic mass is 16.2. The molecule has 5 heteroatoms. The zero-order valence-electron chi connectivity index (χ0n) is 16.1. The molecule has 3 amide bonds. The molecule has 2 atom stereocenters. The number of hydrogen-bond donors (Lipinski definition) is 2. The molecule has 0 bridgehead atoms. The van der Waals surface area contributed by atoms with Gasteiger partial charge < -0.3 is 15.5 Å². The number of rotatable bonds is 5. The van der Waals surface area contributed by atoms with E-state index in [2.05, 4.69) is 41.8 Å². The number of urea groups is 1. The molecule has 2 fully saturated rings. The van der Waals surface area contributed by atoms with E-state index in [4.69, 9.17) is 0 Å². The Hall–Kier alpha value is -2.04. The van der Waals surface area contributed by atoms with Gasteiger partial charge in [-0.3, -0.25) is 4.79 Å². The molecule has 0 radical (unpaired) electrons. The summed E-state index contributed by atoms with van der Waals surface area (Å²) in [5, 5.41) is 6.07. The van der Waals surface area contributed by atoms with E-state index in [1.165, 1.54) is 24.0 Å². The van der Waals surface area contributed by atoms with Gasteiger partial charge in [-0.25, -0.2) is 4.79 Å². The molecule has 26 heavy (non-hydrogen) atoms. The maximum atomic E-state index is 12.7. The number of carbonyl (C=O) groups excluding carboxylic acids is 2. The van der Waals surface area contributed by atoms with Crippen molar-refractivity contribution in [2.45, 2.75) is 52.0 Å². The van der Waals surface area contributed by atoms with Crippen LogP contribution in [0.1, 0.15) is 50.2 Å². The molecule has 1 heterocycles. The van der Waals surface area contributed by atoms with Gasteiger partial charge in [0.05, 0.1) is 5.92 Å². The van der Waals surface area contributed by atoms with Gasteiger partial charge in [0.1, 0.15) is 0 Å². The second kappa shape index (κ2) is 8.11. The smallest absolute Gasteiger partial charge is 0.317 e. The molecular weight excluding hydrogens is 326 g/mol. The minimum Gasteiger partial charge on any atom is -0.356 e. The number of piperidine rings is 1. The summed E-state index contributed by atoms with van der Waals surface area (Å²) in [6.45, 7) is 7.93. The molecule has 2 N–H and O–H groups in total. The average molecular weight is 357 g/mol. The Labute approximate surface area is 156 Å². The van der Waals surface area contributed by atoms with Gasteiger partial charge in [0.15, 0.2) is 0 Å². The first-order chi connectivity index (χ1) is 12.4. The van der Waals surface area contributed by atoms with Gasteiger partial charge in [-0.15, -0.1) is 0 Å². The number of likely N-dealkylation sites (tertiary alicyclic amines) is 1. The van der Waals surface area contributed by atoms with Crippen LogP contribution in [0.3, 0.4) is 0 Å². The molecule has 1 saturated heterocycles. The van der Waals surface area contributed by atoms with Crippen LogP contribution in [0.25, 0.3) is 0 Å². The van der Waals surface area contributed by atoms with E-state index in [0.29, 0.717) is 19.0 Å². The van der Waals surface area contributed by atoms with Crippen LogP contribution in [0.4, 0.5) is 4.79 Å². The molecule has 1 aliphatic heterocycles. The number of carbonyl (C=O) groups is 2. The van der Waals surface area contributed by atoms with Crippen LogP contribution in [0.2, 0.25) is 0 Å². The molecule has 2 aliphatic rings. The minimum absolute atomic E-state index is 0.0719. The molecule has 3 rings (SSSR count). The largest absolute Gasteiger partial charge is 0.356 e. The summed E-state index contributed by atoms with van der Waals surface area (Å²) in [6.07, 6.45) is 3.24. The van der Waals surface area contributed by atoms with Crippen molar-refractivity contribution in [2.24, 2.45) is 11.8 Å². The second-order valence-corrected chi connectivity index (χ2v) is 8.24. The van der Waals surface area contributed by atoms with Crippen molar-refractivity contribution in [1.29, 1.82) is 0 Å². The lowest BCUT2D eigenvalue weighted by Gasteiger charge is -2.38. The Morgan fingerprint density at radius 2 is 2.00 bits per heavy atom. The lowest BCUT2D eigenvalue weighted by molar-refractivity contribution is -0.126. The maximum absolute atomic E-state index is 12.7. The molecule has 1 aliphatic carbocycles. The predicted octanol–water partition coefficient (Wildman–Crippen LogP) is 3.04.